The molecule has 1 saturated carbocycles. The first-order chi connectivity index (χ1) is 11.3. The minimum Gasteiger partial charge on any atom is -0.347 e. The fourth-order valence-corrected chi connectivity index (χ4v) is 3.39. The van der Waals surface area contributed by atoms with Gasteiger partial charge in [0, 0.05) is 36.7 Å². The molecule has 0 radical (unpaired) electrons. The van der Waals surface area contributed by atoms with Crippen molar-refractivity contribution in [3.63, 3.8) is 0 Å². The Morgan fingerprint density at radius 1 is 1.43 bits per heavy atom. The van der Waals surface area contributed by atoms with Gasteiger partial charge in [0.05, 0.1) is 19.4 Å². The molecule has 1 N–H and O–H groups in total. The molecular formula is C17H23N3O3. The molecule has 0 unspecified atom stereocenters. The summed E-state index contributed by atoms with van der Waals surface area (Å²) in [6, 6.07) is 3.70. The number of hydrogen-bond acceptors (Lipinski definition) is 5. The Labute approximate surface area is 136 Å². The van der Waals surface area contributed by atoms with Crippen molar-refractivity contribution in [2.75, 3.05) is 13.2 Å². The van der Waals surface area contributed by atoms with Gasteiger partial charge in [-0.05, 0) is 25.3 Å². The van der Waals surface area contributed by atoms with Crippen molar-refractivity contribution < 1.29 is 14.3 Å². The average Bonchev–Trinajstić information content (AvgIpc) is 3.04. The molecule has 1 aromatic rings. The number of carbonyl (C=O) groups is 1. The molecule has 1 spiro atoms. The fraction of sp³-hybridized carbons (Fsp3) is 0.588. The van der Waals surface area contributed by atoms with Crippen molar-refractivity contribution in [3.8, 4) is 0 Å². The van der Waals surface area contributed by atoms with Crippen LogP contribution >= 0.6 is 0 Å². The molecule has 124 valence electrons. The number of amides is 1. The first-order valence-corrected chi connectivity index (χ1v) is 8.28. The van der Waals surface area contributed by atoms with E-state index in [9.17, 15) is 4.79 Å². The number of aromatic nitrogens is 1. The van der Waals surface area contributed by atoms with Crippen LogP contribution in [0.2, 0.25) is 0 Å². The van der Waals surface area contributed by atoms with Crippen LogP contribution in [0.25, 0.3) is 0 Å². The highest BCUT2D eigenvalue weighted by molar-refractivity contribution is 5.81. The van der Waals surface area contributed by atoms with E-state index in [-0.39, 0.29) is 5.91 Å². The number of pyridine rings is 1. The van der Waals surface area contributed by atoms with Crippen LogP contribution in [-0.4, -0.2) is 36.1 Å². The van der Waals surface area contributed by atoms with Crippen LogP contribution in [0.1, 0.15) is 44.1 Å². The molecule has 6 nitrogen and oxygen atoms in total. The monoisotopic (exact) mass is 317 g/mol. The molecule has 1 aromatic heterocycles. The Balaban J connectivity index is 1.46. The summed E-state index contributed by atoms with van der Waals surface area (Å²) in [7, 11) is 0. The molecule has 2 aliphatic rings. The smallest absolute Gasteiger partial charge is 0.240 e. The quantitative estimate of drug-likeness (QED) is 0.668. The highest BCUT2D eigenvalue weighted by Crippen LogP contribution is 2.42. The Kier molecular flexibility index (Phi) is 5.35. The van der Waals surface area contributed by atoms with E-state index in [4.69, 9.17) is 9.47 Å². The maximum Gasteiger partial charge on any atom is 0.240 e. The van der Waals surface area contributed by atoms with Crippen LogP contribution in [0, 0.1) is 5.92 Å². The average molecular weight is 317 g/mol. The van der Waals surface area contributed by atoms with Gasteiger partial charge in [0.2, 0.25) is 5.91 Å². The largest absolute Gasteiger partial charge is 0.347 e. The zero-order valence-electron chi connectivity index (χ0n) is 13.2. The maximum absolute atomic E-state index is 12.0. The number of hydrogen-bond donors (Lipinski definition) is 1. The van der Waals surface area contributed by atoms with Gasteiger partial charge in [-0.1, -0.05) is 12.5 Å². The molecule has 6 heteroatoms. The second kappa shape index (κ2) is 7.66. The lowest BCUT2D eigenvalue weighted by atomic mass is 9.80. The minimum absolute atomic E-state index is 0.0798. The van der Waals surface area contributed by atoms with Crippen molar-refractivity contribution >= 4 is 12.1 Å². The molecule has 1 aliphatic carbocycles. The Morgan fingerprint density at radius 2 is 2.30 bits per heavy atom. The summed E-state index contributed by atoms with van der Waals surface area (Å²) in [5.41, 5.74) is 3.42. The van der Waals surface area contributed by atoms with E-state index in [2.05, 4.69) is 15.5 Å². The lowest BCUT2D eigenvalue weighted by Crippen LogP contribution is -2.42. The molecule has 1 atom stereocenters. The van der Waals surface area contributed by atoms with E-state index in [1.807, 2.05) is 12.1 Å². The minimum atomic E-state index is -0.433. The molecule has 0 bridgehead atoms. The lowest BCUT2D eigenvalue weighted by molar-refractivity contribution is -0.213. The van der Waals surface area contributed by atoms with Gasteiger partial charge in [0.15, 0.2) is 5.79 Å². The normalized spacial score (nSPS) is 23.4. The van der Waals surface area contributed by atoms with E-state index in [0.29, 0.717) is 25.6 Å². The third kappa shape index (κ3) is 4.14. The van der Waals surface area contributed by atoms with Gasteiger partial charge in [-0.15, -0.1) is 0 Å². The zero-order valence-corrected chi connectivity index (χ0v) is 13.2. The van der Waals surface area contributed by atoms with Crippen LogP contribution in [0.5, 0.6) is 0 Å². The third-order valence-electron chi connectivity index (χ3n) is 4.53. The molecule has 0 aromatic carbocycles. The van der Waals surface area contributed by atoms with Gasteiger partial charge < -0.3 is 9.47 Å². The van der Waals surface area contributed by atoms with Gasteiger partial charge in [0.25, 0.3) is 0 Å². The highest BCUT2D eigenvalue weighted by Gasteiger charge is 2.45. The zero-order chi connectivity index (χ0) is 16.0. The van der Waals surface area contributed by atoms with E-state index in [1.54, 1.807) is 18.6 Å². The van der Waals surface area contributed by atoms with Crippen LogP contribution in [0.15, 0.2) is 29.6 Å². The van der Waals surface area contributed by atoms with Gasteiger partial charge in [0.1, 0.15) is 0 Å². The van der Waals surface area contributed by atoms with Gasteiger partial charge in [-0.2, -0.15) is 5.10 Å². The molecule has 2 heterocycles. The summed E-state index contributed by atoms with van der Waals surface area (Å²) < 4.78 is 11.7. The standard InChI is InChI=1S/C17H23N3O3/c21-16(20-19-13-14-4-3-9-18-12-14)7-6-15-5-1-2-8-17(15)22-10-11-23-17/h3-4,9,12-13,15H,1-2,5-8,10-11H2,(H,20,21)/t15-/m1/s1. The van der Waals surface area contributed by atoms with Crippen LogP contribution < -0.4 is 5.43 Å². The maximum atomic E-state index is 12.0. The highest BCUT2D eigenvalue weighted by atomic mass is 16.7. The van der Waals surface area contributed by atoms with Crippen LogP contribution in [-0.2, 0) is 14.3 Å². The van der Waals surface area contributed by atoms with E-state index >= 15 is 0 Å². The number of nitrogens with one attached hydrogen (secondary N) is 1. The number of nitrogens with zero attached hydrogens (tertiary/aromatic N) is 2. The van der Waals surface area contributed by atoms with Gasteiger partial charge >= 0.3 is 0 Å². The summed E-state index contributed by atoms with van der Waals surface area (Å²) in [5.74, 6) is -0.215. The summed E-state index contributed by atoms with van der Waals surface area (Å²) in [5, 5.41) is 3.97. The Bertz CT molecular complexity index is 541. The fourth-order valence-electron chi connectivity index (χ4n) is 3.39. The first-order valence-electron chi connectivity index (χ1n) is 8.28. The molecule has 1 aliphatic heterocycles. The number of ether oxygens (including phenoxy) is 2. The second-order valence-corrected chi connectivity index (χ2v) is 6.07. The number of carbonyl (C=O) groups excluding carboxylic acids is 1. The predicted octanol–water partition coefficient (Wildman–Crippen LogP) is 2.25. The molecule has 1 saturated heterocycles. The number of hydrazone groups is 1. The summed E-state index contributed by atoms with van der Waals surface area (Å²) in [6.45, 7) is 1.33. The summed E-state index contributed by atoms with van der Waals surface area (Å²) in [6.07, 6.45) is 10.5. The first kappa shape index (κ1) is 16.1. The predicted molar refractivity (Wildman–Crippen MR) is 85.8 cm³/mol. The van der Waals surface area contributed by atoms with E-state index < -0.39 is 5.79 Å². The van der Waals surface area contributed by atoms with Crippen molar-refractivity contribution in [2.24, 2.45) is 11.0 Å². The SMILES string of the molecule is O=C(CC[C@H]1CCCCC12OCCO2)NN=Cc1cccnc1. The lowest BCUT2D eigenvalue weighted by Gasteiger charge is -2.39. The van der Waals surface area contributed by atoms with Gasteiger partial charge in [-0.25, -0.2) is 5.43 Å². The van der Waals surface area contributed by atoms with Crippen LogP contribution in [0.3, 0.4) is 0 Å². The molecule has 2 fully saturated rings. The molecular weight excluding hydrogens is 294 g/mol. The summed E-state index contributed by atoms with van der Waals surface area (Å²) in [4.78, 5) is 15.9. The van der Waals surface area contributed by atoms with Crippen molar-refractivity contribution in [2.45, 2.75) is 44.3 Å². The van der Waals surface area contributed by atoms with Crippen molar-refractivity contribution in [1.82, 2.24) is 10.4 Å². The number of rotatable bonds is 5. The summed E-state index contributed by atoms with van der Waals surface area (Å²) >= 11 is 0. The van der Waals surface area contributed by atoms with Crippen LogP contribution in [0.4, 0.5) is 0 Å². The van der Waals surface area contributed by atoms with E-state index in [1.165, 1.54) is 6.42 Å². The molecule has 23 heavy (non-hydrogen) atoms. The molecule has 1 amide bonds. The van der Waals surface area contributed by atoms with Crippen molar-refractivity contribution in [3.05, 3.63) is 30.1 Å². The topological polar surface area (TPSA) is 72.8 Å². The van der Waals surface area contributed by atoms with Crippen molar-refractivity contribution in [1.29, 1.82) is 0 Å². The Morgan fingerprint density at radius 3 is 3.09 bits per heavy atom. The Hall–Kier alpha value is -1.79. The molecule has 3 rings (SSSR count). The van der Waals surface area contributed by atoms with Gasteiger partial charge in [-0.3, -0.25) is 9.78 Å². The second-order valence-electron chi connectivity index (χ2n) is 6.07. The van der Waals surface area contributed by atoms with E-state index in [0.717, 1.165) is 31.2 Å². The third-order valence-corrected chi connectivity index (χ3v) is 4.53.